The molecule has 1 amide bonds. The lowest BCUT2D eigenvalue weighted by molar-refractivity contribution is -0.112. The quantitative estimate of drug-likeness (QED) is 0.144. The van der Waals surface area contributed by atoms with Crippen LogP contribution in [0.5, 0.6) is 5.75 Å². The first-order valence-electron chi connectivity index (χ1n) is 18.3. The van der Waals surface area contributed by atoms with Crippen LogP contribution in [0.1, 0.15) is 65.4 Å². The Labute approximate surface area is 301 Å². The summed E-state index contributed by atoms with van der Waals surface area (Å²) < 4.78 is 24.7. The van der Waals surface area contributed by atoms with Crippen LogP contribution in [0, 0.1) is 5.92 Å². The van der Waals surface area contributed by atoms with Gasteiger partial charge in [-0.1, -0.05) is 52.3 Å². The summed E-state index contributed by atoms with van der Waals surface area (Å²) in [7, 11) is -1.15. The number of amides is 1. The average Bonchev–Trinajstić information content (AvgIpc) is 3.54. The van der Waals surface area contributed by atoms with E-state index in [0.717, 1.165) is 90.5 Å². The molecule has 0 saturated carbocycles. The second-order valence-corrected chi connectivity index (χ2v) is 15.1. The van der Waals surface area contributed by atoms with Crippen molar-refractivity contribution in [3.8, 4) is 16.9 Å². The summed E-state index contributed by atoms with van der Waals surface area (Å²) in [5, 5.41) is 3.11. The largest absolute Gasteiger partial charge is 0.491 e. The maximum absolute atomic E-state index is 13.7. The maximum Gasteiger partial charge on any atom is 0.251 e. The van der Waals surface area contributed by atoms with Gasteiger partial charge in [0.25, 0.3) is 5.91 Å². The molecule has 2 aliphatic heterocycles. The van der Waals surface area contributed by atoms with Gasteiger partial charge in [-0.15, -0.1) is 0 Å². The normalized spacial score (nSPS) is 17.5. The second-order valence-electron chi connectivity index (χ2n) is 13.6. The molecule has 2 aliphatic rings. The summed E-state index contributed by atoms with van der Waals surface area (Å²) in [6, 6.07) is 22.3. The van der Waals surface area contributed by atoms with E-state index in [9.17, 15) is 9.00 Å². The fraction of sp³-hybridized carbons (Fsp3) is 0.463. The van der Waals surface area contributed by atoms with E-state index in [1.807, 2.05) is 42.7 Å². The number of benzene rings is 3. The third-order valence-electron chi connectivity index (χ3n) is 8.99. The number of unbranched alkanes of at least 4 members (excludes halogenated alkanes) is 1. The lowest BCUT2D eigenvalue weighted by Gasteiger charge is -2.30. The minimum Gasteiger partial charge on any atom is -0.491 e. The van der Waals surface area contributed by atoms with Crippen LogP contribution in [0.2, 0.25) is 0 Å². The van der Waals surface area contributed by atoms with E-state index >= 15 is 0 Å². The summed E-state index contributed by atoms with van der Waals surface area (Å²) in [4.78, 5) is 23.5. The molecule has 0 aliphatic carbocycles. The molecule has 9 heteroatoms. The van der Waals surface area contributed by atoms with E-state index < -0.39 is 10.8 Å². The number of ether oxygens (including phenoxy) is 2. The Morgan fingerprint density at radius 3 is 2.50 bits per heavy atom. The summed E-state index contributed by atoms with van der Waals surface area (Å²) in [6.45, 7) is 14.1. The van der Waals surface area contributed by atoms with Gasteiger partial charge in [-0.05, 0) is 103 Å². The van der Waals surface area contributed by atoms with Gasteiger partial charge in [0.05, 0.1) is 42.1 Å². The molecule has 0 fully saturated rings. The number of aliphatic imine (C=N–C) groups is 1. The van der Waals surface area contributed by atoms with Gasteiger partial charge < -0.3 is 24.6 Å². The first kappa shape index (κ1) is 37.3. The van der Waals surface area contributed by atoms with Crippen molar-refractivity contribution < 1.29 is 18.5 Å². The number of hydrogen-bond donors (Lipinski definition) is 1. The minimum atomic E-state index is -1.15. The first-order chi connectivity index (χ1) is 24.3. The number of nitrogens with one attached hydrogen (secondary N) is 1. The molecule has 0 spiro atoms. The van der Waals surface area contributed by atoms with Crippen LogP contribution < -0.4 is 15.0 Å². The Balaban J connectivity index is 1.28. The zero-order valence-corrected chi connectivity index (χ0v) is 31.1. The Morgan fingerprint density at radius 1 is 0.980 bits per heavy atom. The molecule has 1 N–H and O–H groups in total. The molecule has 5 rings (SSSR count). The topological polar surface area (TPSA) is 83.5 Å². The third kappa shape index (κ3) is 10.5. The molecule has 0 bridgehead atoms. The van der Waals surface area contributed by atoms with Crippen LogP contribution in [-0.4, -0.2) is 79.1 Å². The maximum atomic E-state index is 13.7. The van der Waals surface area contributed by atoms with Gasteiger partial charge in [-0.25, -0.2) is 0 Å². The number of nitrogens with zero attached hydrogens (tertiary/aromatic N) is 3. The van der Waals surface area contributed by atoms with Crippen molar-refractivity contribution >= 4 is 40.5 Å². The molecule has 3 aromatic carbocycles. The highest BCUT2D eigenvalue weighted by atomic mass is 32.2. The number of carbonyl (C=O) groups excluding carboxylic acids is 1. The van der Waals surface area contributed by atoms with Crippen molar-refractivity contribution in [1.82, 2.24) is 4.90 Å². The van der Waals surface area contributed by atoms with Gasteiger partial charge in [0.2, 0.25) is 0 Å². The van der Waals surface area contributed by atoms with Crippen LogP contribution in [0.25, 0.3) is 17.2 Å². The molecule has 50 heavy (non-hydrogen) atoms. The monoisotopic (exact) mass is 698 g/mol. The molecule has 3 aromatic rings. The van der Waals surface area contributed by atoms with E-state index in [-0.39, 0.29) is 11.9 Å². The van der Waals surface area contributed by atoms with Crippen molar-refractivity contribution in [3.05, 3.63) is 77.9 Å². The van der Waals surface area contributed by atoms with Crippen molar-refractivity contribution in [2.24, 2.45) is 10.9 Å². The fourth-order valence-corrected chi connectivity index (χ4v) is 7.67. The number of hydrogen-bond acceptors (Lipinski definition) is 7. The molecule has 0 aromatic heterocycles. The van der Waals surface area contributed by atoms with E-state index in [1.54, 1.807) is 0 Å². The number of fused-ring (bicyclic) bond motifs is 1. The third-order valence-corrected chi connectivity index (χ3v) is 10.5. The summed E-state index contributed by atoms with van der Waals surface area (Å²) in [6.07, 6.45) is 8.74. The van der Waals surface area contributed by atoms with E-state index in [1.165, 1.54) is 0 Å². The molecule has 0 saturated heterocycles. The predicted molar refractivity (Wildman–Crippen MR) is 208 cm³/mol. The van der Waals surface area contributed by atoms with Gasteiger partial charge in [-0.2, -0.15) is 0 Å². The zero-order valence-electron chi connectivity index (χ0n) is 30.2. The van der Waals surface area contributed by atoms with Gasteiger partial charge in [-0.3, -0.25) is 14.0 Å². The van der Waals surface area contributed by atoms with Crippen molar-refractivity contribution in [2.45, 2.75) is 70.7 Å². The summed E-state index contributed by atoms with van der Waals surface area (Å²) in [5.41, 5.74) is 5.81. The minimum absolute atomic E-state index is 0.106. The number of carbonyl (C=O) groups is 1. The Morgan fingerprint density at radius 2 is 1.76 bits per heavy atom. The van der Waals surface area contributed by atoms with Gasteiger partial charge in [0, 0.05) is 48.1 Å². The molecule has 1 unspecified atom stereocenters. The van der Waals surface area contributed by atoms with Crippen LogP contribution >= 0.6 is 0 Å². The fourth-order valence-electron chi connectivity index (χ4n) is 6.39. The van der Waals surface area contributed by atoms with Gasteiger partial charge in [0.15, 0.2) is 0 Å². The van der Waals surface area contributed by atoms with Crippen molar-refractivity contribution in [1.29, 1.82) is 0 Å². The van der Waals surface area contributed by atoms with E-state index in [2.05, 4.69) is 84.2 Å². The highest BCUT2D eigenvalue weighted by molar-refractivity contribution is 7.85. The molecule has 8 nitrogen and oxygen atoms in total. The van der Waals surface area contributed by atoms with Crippen LogP contribution in [0.4, 0.5) is 11.4 Å². The molecule has 2 heterocycles. The summed E-state index contributed by atoms with van der Waals surface area (Å²) >= 11 is 0. The van der Waals surface area contributed by atoms with Crippen molar-refractivity contribution in [3.63, 3.8) is 0 Å². The smallest absolute Gasteiger partial charge is 0.251 e. The molecular weight excluding hydrogens is 645 g/mol. The highest BCUT2D eigenvalue weighted by Gasteiger charge is 2.23. The zero-order chi connectivity index (χ0) is 35.3. The number of anilines is 2. The van der Waals surface area contributed by atoms with Gasteiger partial charge >= 0.3 is 0 Å². The molecular formula is C41H54N4O4S. The Bertz CT molecular complexity index is 1620. The van der Waals surface area contributed by atoms with E-state index in [4.69, 9.17) is 9.47 Å². The molecule has 2 atom stereocenters. The number of rotatable bonds is 17. The van der Waals surface area contributed by atoms with Crippen molar-refractivity contribution in [2.75, 3.05) is 62.0 Å². The SMILES string of the molecule is CCCCOCCOc1ccc(-c2ccc3c(c2)/C=C(/C(=O)Nc2ccc([S@@](=O)CC4CN=CN4CCC)cc2)CCCN3CC(C)C)cc1. The lowest BCUT2D eigenvalue weighted by Crippen LogP contribution is -2.36. The lowest BCUT2D eigenvalue weighted by atomic mass is 9.96. The second kappa shape index (κ2) is 18.9. The van der Waals surface area contributed by atoms with Crippen LogP contribution in [-0.2, 0) is 20.3 Å². The van der Waals surface area contributed by atoms with Gasteiger partial charge in [0.1, 0.15) is 12.4 Å². The standard InChI is InChI=1S/C41H54N4O4S/c1-5-7-22-48-23-24-49-38-15-10-32(11-16-38)33-12-19-40-35(25-33)26-34(9-8-21-44(40)28-31(3)4)41(46)43-36-13-17-39(18-14-36)50(47)29-37-27-42-30-45(37)20-6-2/h10-19,25-26,30-31,37H,5-9,20-24,27-29H2,1-4H3,(H,43,46)/b34-26+/t37?,50-/m0/s1. The Kier molecular flexibility index (Phi) is 14.1. The Hall–Kier alpha value is -3.95. The average molecular weight is 699 g/mol. The van der Waals surface area contributed by atoms with Crippen LogP contribution in [0.15, 0.2) is 82.2 Å². The first-order valence-corrected chi connectivity index (χ1v) is 19.6. The molecule has 268 valence electrons. The summed E-state index contributed by atoms with van der Waals surface area (Å²) in [5.74, 6) is 1.77. The predicted octanol–water partition coefficient (Wildman–Crippen LogP) is 8.06. The van der Waals surface area contributed by atoms with Crippen LogP contribution in [0.3, 0.4) is 0 Å². The van der Waals surface area contributed by atoms with E-state index in [0.29, 0.717) is 43.5 Å². The highest BCUT2D eigenvalue weighted by Crippen LogP contribution is 2.33. The molecule has 0 radical (unpaired) electrons.